The number of aromatic nitrogens is 3. The van der Waals surface area contributed by atoms with E-state index in [-0.39, 0.29) is 24.0 Å². The molecule has 6 rings (SSSR count). The fourth-order valence-electron chi connectivity index (χ4n) is 4.84. The summed E-state index contributed by atoms with van der Waals surface area (Å²) in [4.78, 5) is 22.2. The van der Waals surface area contributed by atoms with Crippen LogP contribution in [0, 0.1) is 5.82 Å². The standard InChI is InChI=1S/C27H24FN5O2/c1-14-5-8-19-24(31-27(29)32-25(19)30-14)18-3-2-4-22(20(18)13-34)33-10-9-16-11-17(15-6-7-15)12-21(28)23(16)26(33)35/h2-5,8-12,14-15,34H,6-7,13H2,1H3,(H3,29,30,31,32). The summed E-state index contributed by atoms with van der Waals surface area (Å²) >= 11 is 0. The SMILES string of the molecule is CC1C=Cc2c(nc(N)nc2-c2cccc(-n3ccc4cc(C5CC5)cc(F)c4c3=O)c2CO)N1. The predicted octanol–water partition coefficient (Wildman–Crippen LogP) is 4.37. The molecule has 2 aliphatic rings. The molecule has 176 valence electrons. The summed E-state index contributed by atoms with van der Waals surface area (Å²) in [5.74, 6) is 0.563. The molecule has 2 aromatic heterocycles. The molecule has 0 radical (unpaired) electrons. The number of anilines is 2. The maximum atomic E-state index is 15.1. The first-order valence-corrected chi connectivity index (χ1v) is 11.6. The van der Waals surface area contributed by atoms with E-state index in [9.17, 15) is 9.90 Å². The smallest absolute Gasteiger partial charge is 0.265 e. The minimum absolute atomic E-state index is 0.0379. The lowest BCUT2D eigenvalue weighted by Gasteiger charge is -2.22. The first kappa shape index (κ1) is 21.5. The van der Waals surface area contributed by atoms with Crippen molar-refractivity contribution in [2.45, 2.75) is 38.3 Å². The number of benzene rings is 2. The summed E-state index contributed by atoms with van der Waals surface area (Å²) in [6.45, 7) is 1.64. The van der Waals surface area contributed by atoms with Crippen LogP contribution in [-0.2, 0) is 6.61 Å². The lowest BCUT2D eigenvalue weighted by Crippen LogP contribution is -2.21. The van der Waals surface area contributed by atoms with E-state index in [1.807, 2.05) is 31.2 Å². The van der Waals surface area contributed by atoms with E-state index in [4.69, 9.17) is 5.73 Å². The van der Waals surface area contributed by atoms with Gasteiger partial charge in [-0.05, 0) is 54.8 Å². The molecule has 8 heteroatoms. The van der Waals surface area contributed by atoms with Crippen LogP contribution in [0.15, 0.2) is 53.5 Å². The molecular formula is C27H24FN5O2. The van der Waals surface area contributed by atoms with Crippen LogP contribution in [0.4, 0.5) is 16.2 Å². The number of nitrogens with two attached hydrogens (primary N) is 1. The van der Waals surface area contributed by atoms with E-state index in [2.05, 4.69) is 15.3 Å². The van der Waals surface area contributed by atoms with Gasteiger partial charge in [-0.1, -0.05) is 30.4 Å². The van der Waals surface area contributed by atoms with Gasteiger partial charge in [-0.25, -0.2) is 9.37 Å². The van der Waals surface area contributed by atoms with Gasteiger partial charge in [-0.15, -0.1) is 0 Å². The Kier molecular flexibility index (Phi) is 4.93. The molecule has 0 saturated heterocycles. The second-order valence-electron chi connectivity index (χ2n) is 9.18. The molecule has 0 amide bonds. The van der Waals surface area contributed by atoms with Crippen molar-refractivity contribution in [3.8, 4) is 16.9 Å². The molecule has 0 bridgehead atoms. The van der Waals surface area contributed by atoms with Crippen LogP contribution < -0.4 is 16.6 Å². The van der Waals surface area contributed by atoms with Crippen LogP contribution >= 0.6 is 0 Å². The highest BCUT2D eigenvalue weighted by atomic mass is 19.1. The average Bonchev–Trinajstić information content (AvgIpc) is 3.68. The molecule has 2 aromatic carbocycles. The molecule has 4 aromatic rings. The van der Waals surface area contributed by atoms with Crippen molar-refractivity contribution in [2.75, 3.05) is 11.1 Å². The quantitative estimate of drug-likeness (QED) is 0.410. The van der Waals surface area contributed by atoms with Crippen molar-refractivity contribution < 1.29 is 9.50 Å². The van der Waals surface area contributed by atoms with Crippen molar-refractivity contribution >= 4 is 28.6 Å². The van der Waals surface area contributed by atoms with Crippen LogP contribution in [-0.4, -0.2) is 25.7 Å². The number of fused-ring (bicyclic) bond motifs is 2. The highest BCUT2D eigenvalue weighted by molar-refractivity contribution is 5.85. The zero-order valence-corrected chi connectivity index (χ0v) is 19.1. The summed E-state index contributed by atoms with van der Waals surface area (Å²) in [6.07, 6.45) is 7.64. The van der Waals surface area contributed by atoms with Crippen LogP contribution in [0.2, 0.25) is 0 Å². The second-order valence-corrected chi connectivity index (χ2v) is 9.18. The number of pyridine rings is 1. The molecule has 1 atom stereocenters. The third kappa shape index (κ3) is 3.57. The summed E-state index contributed by atoms with van der Waals surface area (Å²) in [6, 6.07) is 10.5. The number of hydrogen-bond acceptors (Lipinski definition) is 6. The molecular weight excluding hydrogens is 445 g/mol. The number of nitrogens with one attached hydrogen (secondary N) is 1. The zero-order valence-electron chi connectivity index (χ0n) is 19.1. The van der Waals surface area contributed by atoms with Gasteiger partial charge < -0.3 is 16.2 Å². The molecule has 1 aliphatic heterocycles. The molecule has 1 unspecified atom stereocenters. The Morgan fingerprint density at radius 3 is 2.83 bits per heavy atom. The van der Waals surface area contributed by atoms with E-state index in [1.165, 1.54) is 10.6 Å². The highest BCUT2D eigenvalue weighted by Gasteiger charge is 2.26. The van der Waals surface area contributed by atoms with E-state index in [0.29, 0.717) is 39.6 Å². The molecule has 7 nitrogen and oxygen atoms in total. The molecule has 3 heterocycles. The summed E-state index contributed by atoms with van der Waals surface area (Å²) in [7, 11) is 0. The number of nitrogen functional groups attached to an aromatic ring is 1. The predicted molar refractivity (Wildman–Crippen MR) is 135 cm³/mol. The molecule has 1 saturated carbocycles. The topological polar surface area (TPSA) is 106 Å². The monoisotopic (exact) mass is 469 g/mol. The summed E-state index contributed by atoms with van der Waals surface area (Å²) in [5, 5.41) is 14.3. The number of aliphatic hydroxyl groups excluding tert-OH is 1. The van der Waals surface area contributed by atoms with Gasteiger partial charge in [0.1, 0.15) is 11.6 Å². The number of aliphatic hydroxyl groups is 1. The van der Waals surface area contributed by atoms with Crippen LogP contribution in [0.25, 0.3) is 33.8 Å². The van der Waals surface area contributed by atoms with Gasteiger partial charge in [0.15, 0.2) is 0 Å². The van der Waals surface area contributed by atoms with Gasteiger partial charge in [0.25, 0.3) is 5.56 Å². The maximum absolute atomic E-state index is 15.1. The Bertz CT molecular complexity index is 1590. The van der Waals surface area contributed by atoms with Crippen molar-refractivity contribution in [3.63, 3.8) is 0 Å². The highest BCUT2D eigenvalue weighted by Crippen LogP contribution is 2.41. The Hall–Kier alpha value is -4.04. The first-order chi connectivity index (χ1) is 16.9. The van der Waals surface area contributed by atoms with Gasteiger partial charge >= 0.3 is 0 Å². The minimum atomic E-state index is -0.520. The van der Waals surface area contributed by atoms with Crippen molar-refractivity contribution in [3.05, 3.63) is 81.5 Å². The number of hydrogen-bond donors (Lipinski definition) is 3. The van der Waals surface area contributed by atoms with Gasteiger partial charge in [0.2, 0.25) is 5.95 Å². The first-order valence-electron chi connectivity index (χ1n) is 11.6. The number of nitrogens with zero attached hydrogens (tertiary/aromatic N) is 3. The minimum Gasteiger partial charge on any atom is -0.392 e. The largest absolute Gasteiger partial charge is 0.392 e. The van der Waals surface area contributed by atoms with Gasteiger partial charge in [-0.2, -0.15) is 4.98 Å². The lowest BCUT2D eigenvalue weighted by molar-refractivity contribution is 0.282. The van der Waals surface area contributed by atoms with Crippen LogP contribution in [0.5, 0.6) is 0 Å². The van der Waals surface area contributed by atoms with E-state index < -0.39 is 11.4 Å². The third-order valence-electron chi connectivity index (χ3n) is 6.73. The fraction of sp³-hybridized carbons (Fsp3) is 0.222. The summed E-state index contributed by atoms with van der Waals surface area (Å²) < 4.78 is 16.5. The molecule has 0 spiro atoms. The van der Waals surface area contributed by atoms with E-state index in [0.717, 1.165) is 24.0 Å². The van der Waals surface area contributed by atoms with Gasteiger partial charge in [0.05, 0.1) is 23.4 Å². The normalized spacial score (nSPS) is 16.8. The molecule has 1 fully saturated rings. The molecule has 1 aliphatic carbocycles. The Morgan fingerprint density at radius 2 is 2.06 bits per heavy atom. The molecule has 4 N–H and O–H groups in total. The second kappa shape index (κ2) is 8.02. The van der Waals surface area contributed by atoms with E-state index in [1.54, 1.807) is 24.4 Å². The zero-order chi connectivity index (χ0) is 24.3. The third-order valence-corrected chi connectivity index (χ3v) is 6.73. The van der Waals surface area contributed by atoms with Crippen molar-refractivity contribution in [1.29, 1.82) is 0 Å². The lowest BCUT2D eigenvalue weighted by atomic mass is 9.97. The fourth-order valence-corrected chi connectivity index (χ4v) is 4.84. The van der Waals surface area contributed by atoms with E-state index >= 15 is 4.39 Å². The van der Waals surface area contributed by atoms with Crippen LogP contribution in [0.3, 0.4) is 0 Å². The number of halogens is 1. The van der Waals surface area contributed by atoms with Crippen LogP contribution in [0.1, 0.15) is 42.4 Å². The maximum Gasteiger partial charge on any atom is 0.265 e. The van der Waals surface area contributed by atoms with Gasteiger partial charge in [0, 0.05) is 28.9 Å². The van der Waals surface area contributed by atoms with Crippen molar-refractivity contribution in [1.82, 2.24) is 14.5 Å². The Morgan fingerprint density at radius 1 is 1.23 bits per heavy atom. The van der Waals surface area contributed by atoms with Crippen molar-refractivity contribution in [2.24, 2.45) is 0 Å². The Labute approximate surface area is 200 Å². The Balaban J connectivity index is 1.55. The summed E-state index contributed by atoms with van der Waals surface area (Å²) in [5.41, 5.74) is 9.30. The average molecular weight is 470 g/mol. The molecule has 35 heavy (non-hydrogen) atoms. The van der Waals surface area contributed by atoms with Gasteiger partial charge in [-0.3, -0.25) is 9.36 Å². The number of rotatable bonds is 4.